The Morgan fingerprint density at radius 2 is 1.83 bits per heavy atom. The number of carbonyl (C=O) groups is 2. The van der Waals surface area contributed by atoms with Crippen LogP contribution in [0.4, 0.5) is 33.4 Å². The summed E-state index contributed by atoms with van der Waals surface area (Å²) in [5.41, 5.74) is 3.77. The molecule has 3 N–H and O–H groups in total. The number of hydrogen-bond acceptors (Lipinski definition) is 6. The van der Waals surface area contributed by atoms with Crippen molar-refractivity contribution in [1.82, 2.24) is 15.2 Å². The number of nitrogens with one attached hydrogen (secondary N) is 3. The topological polar surface area (TPSA) is 97.2 Å². The highest BCUT2D eigenvalue weighted by molar-refractivity contribution is 6.02. The SMILES string of the molecule is [C-]#[N+]c1ccc(NC2CCC(N(C(=O)NCc3ccccc3)c3ccc(N4CCN(CC#C)CC4)c(NC(=O)C=C)c3)CC2)nc1. The van der Waals surface area contributed by atoms with Gasteiger partial charge in [0.05, 0.1) is 24.5 Å². The summed E-state index contributed by atoms with van der Waals surface area (Å²) in [5, 5.41) is 9.61. The number of piperazine rings is 1. The Kier molecular flexibility index (Phi) is 10.9. The van der Waals surface area contributed by atoms with Crippen LogP contribution in [0.3, 0.4) is 0 Å². The van der Waals surface area contributed by atoms with Gasteiger partial charge in [-0.3, -0.25) is 19.6 Å². The zero-order valence-corrected chi connectivity index (χ0v) is 26.0. The highest BCUT2D eigenvalue weighted by Crippen LogP contribution is 2.35. The van der Waals surface area contributed by atoms with Crippen LogP contribution in [0.1, 0.15) is 31.2 Å². The lowest BCUT2D eigenvalue weighted by Gasteiger charge is -2.38. The highest BCUT2D eigenvalue weighted by Gasteiger charge is 2.31. The van der Waals surface area contributed by atoms with Gasteiger partial charge in [0.25, 0.3) is 0 Å². The predicted molar refractivity (Wildman–Crippen MR) is 184 cm³/mol. The van der Waals surface area contributed by atoms with E-state index >= 15 is 0 Å². The lowest BCUT2D eigenvalue weighted by molar-refractivity contribution is -0.111. The molecular formula is C36H40N8O2. The molecule has 46 heavy (non-hydrogen) atoms. The van der Waals surface area contributed by atoms with Crippen LogP contribution in [0, 0.1) is 18.9 Å². The molecule has 1 aliphatic carbocycles. The molecule has 0 unspecified atom stereocenters. The minimum atomic E-state index is -0.311. The van der Waals surface area contributed by atoms with E-state index in [9.17, 15) is 9.59 Å². The van der Waals surface area contributed by atoms with Gasteiger partial charge in [0.1, 0.15) is 5.82 Å². The summed E-state index contributed by atoms with van der Waals surface area (Å²) in [6, 6.07) is 19.3. The number of benzene rings is 2. The molecule has 2 fully saturated rings. The first kappa shape index (κ1) is 32.1. The Labute approximate surface area is 271 Å². The number of carbonyl (C=O) groups excluding carboxylic acids is 2. The van der Waals surface area contributed by atoms with Crippen molar-refractivity contribution in [2.24, 2.45) is 0 Å². The number of amides is 3. The molecular weight excluding hydrogens is 576 g/mol. The van der Waals surface area contributed by atoms with Crippen molar-refractivity contribution in [2.75, 3.05) is 53.2 Å². The summed E-state index contributed by atoms with van der Waals surface area (Å²) >= 11 is 0. The molecule has 10 nitrogen and oxygen atoms in total. The quantitative estimate of drug-likeness (QED) is 0.155. The average molecular weight is 617 g/mol. The van der Waals surface area contributed by atoms with Crippen LogP contribution in [0.5, 0.6) is 0 Å². The lowest BCUT2D eigenvalue weighted by atomic mass is 9.89. The van der Waals surface area contributed by atoms with Crippen LogP contribution in [0.25, 0.3) is 4.85 Å². The summed E-state index contributed by atoms with van der Waals surface area (Å²) in [6.45, 7) is 15.0. The van der Waals surface area contributed by atoms with Crippen LogP contribution in [0.2, 0.25) is 0 Å². The van der Waals surface area contributed by atoms with E-state index in [1.54, 1.807) is 12.3 Å². The Bertz CT molecular complexity index is 1580. The van der Waals surface area contributed by atoms with E-state index in [0.717, 1.165) is 68.9 Å². The molecule has 1 aliphatic heterocycles. The van der Waals surface area contributed by atoms with Crippen molar-refractivity contribution in [3.63, 3.8) is 0 Å². The van der Waals surface area contributed by atoms with Crippen molar-refractivity contribution < 1.29 is 9.59 Å². The van der Waals surface area contributed by atoms with Gasteiger partial charge in [0.15, 0.2) is 0 Å². The second kappa shape index (κ2) is 15.6. The Hall–Kier alpha value is -5.32. The number of anilines is 4. The van der Waals surface area contributed by atoms with Crippen molar-refractivity contribution in [1.29, 1.82) is 0 Å². The fraction of sp³-hybridized carbons (Fsp3) is 0.333. The van der Waals surface area contributed by atoms with E-state index in [-0.39, 0.29) is 24.0 Å². The van der Waals surface area contributed by atoms with Gasteiger partial charge < -0.3 is 20.9 Å². The molecule has 1 saturated carbocycles. The Balaban J connectivity index is 1.37. The molecule has 5 rings (SSSR count). The summed E-state index contributed by atoms with van der Waals surface area (Å²) < 4.78 is 0. The molecule has 3 aromatic rings. The van der Waals surface area contributed by atoms with Gasteiger partial charge in [0, 0.05) is 56.7 Å². The lowest BCUT2D eigenvalue weighted by Crippen LogP contribution is -2.49. The van der Waals surface area contributed by atoms with E-state index in [4.69, 9.17) is 13.0 Å². The van der Waals surface area contributed by atoms with Crippen molar-refractivity contribution >= 4 is 40.5 Å². The normalized spacial score (nSPS) is 18.0. The van der Waals surface area contributed by atoms with Gasteiger partial charge in [-0.05, 0) is 61.6 Å². The van der Waals surface area contributed by atoms with Crippen LogP contribution in [-0.2, 0) is 11.3 Å². The number of pyridine rings is 1. The molecule has 2 heterocycles. The molecule has 0 radical (unpaired) electrons. The molecule has 0 spiro atoms. The van der Waals surface area contributed by atoms with Gasteiger partial charge in [-0.2, -0.15) is 0 Å². The highest BCUT2D eigenvalue weighted by atomic mass is 16.2. The van der Waals surface area contributed by atoms with E-state index < -0.39 is 0 Å². The third kappa shape index (κ3) is 8.23. The number of aromatic nitrogens is 1. The first-order chi connectivity index (χ1) is 22.5. The van der Waals surface area contributed by atoms with Gasteiger partial charge in [-0.15, -0.1) is 6.42 Å². The molecule has 2 aromatic carbocycles. The molecule has 2 aliphatic rings. The van der Waals surface area contributed by atoms with Crippen LogP contribution in [0.15, 0.2) is 79.5 Å². The fourth-order valence-corrected chi connectivity index (χ4v) is 6.09. The zero-order valence-electron chi connectivity index (χ0n) is 26.0. The minimum absolute atomic E-state index is 0.0487. The summed E-state index contributed by atoms with van der Waals surface area (Å²) in [7, 11) is 0. The number of urea groups is 1. The van der Waals surface area contributed by atoms with Crippen molar-refractivity contribution in [3.05, 3.63) is 96.5 Å². The summed E-state index contributed by atoms with van der Waals surface area (Å²) in [5.74, 6) is 3.15. The van der Waals surface area contributed by atoms with Gasteiger partial charge >= 0.3 is 6.03 Å². The first-order valence-electron chi connectivity index (χ1n) is 15.7. The maximum atomic E-state index is 14.0. The zero-order chi connectivity index (χ0) is 32.3. The monoisotopic (exact) mass is 616 g/mol. The molecule has 10 heteroatoms. The molecule has 236 valence electrons. The molecule has 1 aromatic heterocycles. The standard InChI is InChI=1S/C36H40N8O2/c1-4-19-42-20-22-43(23-21-42)33-17-16-31(24-32(33)41-35(45)5-2)44(36(46)39-25-27-9-7-6-8-10-27)30-14-11-28(12-15-30)40-34-18-13-29(37-3)26-38-34/h1,5-10,13,16-18,24,26,28,30H,2,11-12,14-15,19-23,25H2,(H,38,40)(H,39,46)(H,41,45). The first-order valence-corrected chi connectivity index (χ1v) is 15.7. The van der Waals surface area contributed by atoms with E-state index in [2.05, 4.69) is 48.1 Å². The van der Waals surface area contributed by atoms with Crippen molar-refractivity contribution in [3.8, 4) is 12.3 Å². The minimum Gasteiger partial charge on any atom is -0.367 e. The van der Waals surface area contributed by atoms with Gasteiger partial charge in [-0.1, -0.05) is 48.9 Å². The van der Waals surface area contributed by atoms with Gasteiger partial charge in [-0.25, -0.2) is 9.64 Å². The van der Waals surface area contributed by atoms with E-state index in [0.29, 0.717) is 30.2 Å². The predicted octanol–water partition coefficient (Wildman–Crippen LogP) is 5.65. The Morgan fingerprint density at radius 3 is 2.48 bits per heavy atom. The number of nitrogens with zero attached hydrogens (tertiary/aromatic N) is 5. The molecule has 0 bridgehead atoms. The second-order valence-electron chi connectivity index (χ2n) is 11.5. The second-order valence-corrected chi connectivity index (χ2v) is 11.5. The number of rotatable bonds is 10. The number of terminal acetylenes is 1. The van der Waals surface area contributed by atoms with Crippen LogP contribution in [-0.4, -0.2) is 66.6 Å². The largest absolute Gasteiger partial charge is 0.367 e. The Morgan fingerprint density at radius 1 is 1.07 bits per heavy atom. The molecule has 3 amide bonds. The van der Waals surface area contributed by atoms with E-state index in [1.807, 2.05) is 59.5 Å². The van der Waals surface area contributed by atoms with Crippen LogP contribution >= 0.6 is 0 Å². The number of hydrogen-bond donors (Lipinski definition) is 3. The third-order valence-electron chi connectivity index (χ3n) is 8.53. The van der Waals surface area contributed by atoms with Gasteiger partial charge in [0.2, 0.25) is 11.6 Å². The third-order valence-corrected chi connectivity index (χ3v) is 8.53. The summed E-state index contributed by atoms with van der Waals surface area (Å²) in [4.78, 5) is 40.6. The van der Waals surface area contributed by atoms with E-state index in [1.165, 1.54) is 6.08 Å². The summed E-state index contributed by atoms with van der Waals surface area (Å²) in [6.07, 6.45) is 11.6. The maximum absolute atomic E-state index is 14.0. The average Bonchev–Trinajstić information content (AvgIpc) is 3.09. The van der Waals surface area contributed by atoms with Crippen LogP contribution < -0.4 is 25.8 Å². The molecule has 1 saturated heterocycles. The fourth-order valence-electron chi connectivity index (χ4n) is 6.09. The maximum Gasteiger partial charge on any atom is 0.322 e. The molecule has 0 atom stereocenters. The smallest absolute Gasteiger partial charge is 0.322 e. The van der Waals surface area contributed by atoms with Crippen molar-refractivity contribution in [2.45, 2.75) is 44.3 Å².